The van der Waals surface area contributed by atoms with Gasteiger partial charge in [-0.1, -0.05) is 0 Å². The molecule has 0 aliphatic rings. The van der Waals surface area contributed by atoms with E-state index in [1.807, 2.05) is 0 Å². The van der Waals surface area contributed by atoms with Crippen molar-refractivity contribution in [2.24, 2.45) is 0 Å². The minimum absolute atomic E-state index is 0.0501. The zero-order chi connectivity index (χ0) is 12.7. The maximum Gasteiger partial charge on any atom is 0.376 e. The van der Waals surface area contributed by atoms with E-state index in [9.17, 15) is 4.79 Å². The fraction of sp³-hybridized carbons (Fsp3) is 0.500. The fourth-order valence-electron chi connectivity index (χ4n) is 1.30. The number of hydrogen-bond acceptors (Lipinski definition) is 7. The van der Waals surface area contributed by atoms with E-state index in [-0.39, 0.29) is 19.0 Å². The lowest BCUT2D eigenvalue weighted by Gasteiger charge is -2.21. The molecule has 1 heterocycles. The van der Waals surface area contributed by atoms with Gasteiger partial charge in [0.2, 0.25) is 5.82 Å². The summed E-state index contributed by atoms with van der Waals surface area (Å²) < 4.78 is 4.51. The molecule has 0 spiro atoms. The number of aliphatic hydroxyl groups is 2. The summed E-state index contributed by atoms with van der Waals surface area (Å²) in [5.74, 6) is -0.214. The maximum atomic E-state index is 11.2. The van der Waals surface area contributed by atoms with Crippen LogP contribution in [0, 0.1) is 0 Å². The number of carbonyl (C=O) groups excluding carboxylic acids is 1. The normalized spacial score (nSPS) is 10.1. The van der Waals surface area contributed by atoms with Crippen molar-refractivity contribution in [2.75, 3.05) is 38.3 Å². The molecule has 0 amide bonds. The van der Waals surface area contributed by atoms with Crippen molar-refractivity contribution in [3.63, 3.8) is 0 Å². The van der Waals surface area contributed by atoms with Gasteiger partial charge in [-0.3, -0.25) is 0 Å². The molecule has 0 saturated heterocycles. The van der Waals surface area contributed by atoms with Crippen molar-refractivity contribution >= 4 is 11.8 Å². The predicted molar refractivity (Wildman–Crippen MR) is 59.8 cm³/mol. The molecule has 0 bridgehead atoms. The van der Waals surface area contributed by atoms with Crippen molar-refractivity contribution in [3.8, 4) is 0 Å². The van der Waals surface area contributed by atoms with Crippen LogP contribution in [0.2, 0.25) is 0 Å². The number of ether oxygens (including phenoxy) is 1. The molecule has 0 aliphatic carbocycles. The third-order valence-corrected chi connectivity index (χ3v) is 2.07. The molecule has 0 aromatic carbocycles. The van der Waals surface area contributed by atoms with Gasteiger partial charge in [-0.25, -0.2) is 14.8 Å². The molecule has 0 atom stereocenters. The molecule has 2 N–H and O–H groups in total. The third kappa shape index (κ3) is 3.65. The van der Waals surface area contributed by atoms with Gasteiger partial charge in [-0.2, -0.15) is 0 Å². The number of carbonyl (C=O) groups is 1. The lowest BCUT2D eigenvalue weighted by Crippen LogP contribution is -2.31. The molecule has 17 heavy (non-hydrogen) atoms. The van der Waals surface area contributed by atoms with Crippen LogP contribution < -0.4 is 4.90 Å². The Bertz CT molecular complexity index is 366. The second-order valence-corrected chi connectivity index (χ2v) is 3.16. The summed E-state index contributed by atoms with van der Waals surface area (Å²) in [6.07, 6.45) is 1.43. The molecular weight excluding hydrogens is 226 g/mol. The summed E-state index contributed by atoms with van der Waals surface area (Å²) in [4.78, 5) is 20.7. The molecular formula is C10H15N3O4. The first-order chi connectivity index (χ1) is 8.22. The Labute approximate surface area is 98.7 Å². The topological polar surface area (TPSA) is 95.8 Å². The van der Waals surface area contributed by atoms with Gasteiger partial charge < -0.3 is 19.8 Å². The van der Waals surface area contributed by atoms with E-state index in [1.54, 1.807) is 11.0 Å². The Morgan fingerprint density at radius 1 is 1.41 bits per heavy atom. The molecule has 1 rings (SSSR count). The van der Waals surface area contributed by atoms with E-state index in [4.69, 9.17) is 10.2 Å². The van der Waals surface area contributed by atoms with E-state index < -0.39 is 5.97 Å². The van der Waals surface area contributed by atoms with Crippen LogP contribution in [0.3, 0.4) is 0 Å². The molecule has 0 aliphatic heterocycles. The predicted octanol–water partition coefficient (Wildman–Crippen LogP) is -0.946. The van der Waals surface area contributed by atoms with Crippen molar-refractivity contribution in [3.05, 3.63) is 18.1 Å². The lowest BCUT2D eigenvalue weighted by molar-refractivity contribution is 0.0587. The van der Waals surface area contributed by atoms with Crippen LogP contribution in [0.25, 0.3) is 0 Å². The maximum absolute atomic E-state index is 11.2. The van der Waals surface area contributed by atoms with Crippen molar-refractivity contribution in [1.82, 2.24) is 9.97 Å². The minimum Gasteiger partial charge on any atom is -0.463 e. The summed E-state index contributed by atoms with van der Waals surface area (Å²) in [5, 5.41) is 17.8. The standard InChI is InChI=1S/C10H15N3O4/c1-17-10(16)9-11-3-2-8(12-9)13(4-6-14)5-7-15/h2-3,14-15H,4-7H2,1H3. The van der Waals surface area contributed by atoms with E-state index in [2.05, 4.69) is 14.7 Å². The summed E-state index contributed by atoms with van der Waals surface area (Å²) >= 11 is 0. The zero-order valence-corrected chi connectivity index (χ0v) is 9.54. The summed E-state index contributed by atoms with van der Waals surface area (Å²) in [6.45, 7) is 0.492. The number of aliphatic hydroxyl groups excluding tert-OH is 2. The van der Waals surface area contributed by atoms with Crippen molar-refractivity contribution < 1.29 is 19.7 Å². The summed E-state index contributed by atoms with van der Waals surface area (Å²) in [5.41, 5.74) is 0. The van der Waals surface area contributed by atoms with Crippen LogP contribution in [0.5, 0.6) is 0 Å². The first-order valence-electron chi connectivity index (χ1n) is 5.11. The average molecular weight is 241 g/mol. The third-order valence-electron chi connectivity index (χ3n) is 2.07. The first-order valence-corrected chi connectivity index (χ1v) is 5.11. The van der Waals surface area contributed by atoms with E-state index in [1.165, 1.54) is 13.3 Å². The summed E-state index contributed by atoms with van der Waals surface area (Å²) in [6, 6.07) is 1.60. The Morgan fingerprint density at radius 3 is 2.59 bits per heavy atom. The molecule has 7 nitrogen and oxygen atoms in total. The monoisotopic (exact) mass is 241 g/mol. The van der Waals surface area contributed by atoms with Gasteiger partial charge in [0.15, 0.2) is 0 Å². The SMILES string of the molecule is COC(=O)c1nccc(N(CCO)CCO)n1. The van der Waals surface area contributed by atoms with E-state index in [0.717, 1.165) is 0 Å². The Morgan fingerprint density at radius 2 is 2.06 bits per heavy atom. The number of nitrogens with zero attached hydrogens (tertiary/aromatic N) is 3. The van der Waals surface area contributed by atoms with E-state index >= 15 is 0 Å². The van der Waals surface area contributed by atoms with Gasteiger partial charge in [0.05, 0.1) is 20.3 Å². The van der Waals surface area contributed by atoms with Crippen LogP contribution in [0.15, 0.2) is 12.3 Å². The largest absolute Gasteiger partial charge is 0.463 e. The van der Waals surface area contributed by atoms with Gasteiger partial charge in [0, 0.05) is 19.3 Å². The second-order valence-electron chi connectivity index (χ2n) is 3.16. The number of esters is 1. The quantitative estimate of drug-likeness (QED) is 0.620. The van der Waals surface area contributed by atoms with Crippen molar-refractivity contribution in [2.45, 2.75) is 0 Å². The summed E-state index contributed by atoms with van der Waals surface area (Å²) in [7, 11) is 1.25. The Hall–Kier alpha value is -1.73. The molecule has 0 saturated carbocycles. The minimum atomic E-state index is -0.625. The van der Waals surface area contributed by atoms with Gasteiger partial charge in [-0.15, -0.1) is 0 Å². The first kappa shape index (κ1) is 13.3. The van der Waals surface area contributed by atoms with Gasteiger partial charge in [-0.05, 0) is 6.07 Å². The van der Waals surface area contributed by atoms with Crippen LogP contribution in [-0.4, -0.2) is 59.6 Å². The highest BCUT2D eigenvalue weighted by Gasteiger charge is 2.13. The lowest BCUT2D eigenvalue weighted by atomic mass is 10.4. The molecule has 1 aromatic heterocycles. The molecule has 7 heteroatoms. The molecule has 0 fully saturated rings. The second kappa shape index (κ2) is 6.77. The van der Waals surface area contributed by atoms with Crippen LogP contribution in [0.4, 0.5) is 5.82 Å². The zero-order valence-electron chi connectivity index (χ0n) is 9.54. The van der Waals surface area contributed by atoms with Crippen LogP contribution in [0.1, 0.15) is 10.6 Å². The number of rotatable bonds is 6. The van der Waals surface area contributed by atoms with Gasteiger partial charge >= 0.3 is 5.97 Å². The average Bonchev–Trinajstić information content (AvgIpc) is 2.37. The number of anilines is 1. The molecule has 0 radical (unpaired) electrons. The smallest absolute Gasteiger partial charge is 0.376 e. The fourth-order valence-corrected chi connectivity index (χ4v) is 1.30. The van der Waals surface area contributed by atoms with Gasteiger partial charge in [0.25, 0.3) is 0 Å². The van der Waals surface area contributed by atoms with Gasteiger partial charge in [0.1, 0.15) is 5.82 Å². The highest BCUT2D eigenvalue weighted by atomic mass is 16.5. The molecule has 0 unspecified atom stereocenters. The number of methoxy groups -OCH3 is 1. The van der Waals surface area contributed by atoms with Crippen LogP contribution in [-0.2, 0) is 4.74 Å². The Balaban J connectivity index is 2.91. The molecule has 94 valence electrons. The number of aromatic nitrogens is 2. The highest BCUT2D eigenvalue weighted by Crippen LogP contribution is 2.09. The highest BCUT2D eigenvalue weighted by molar-refractivity contribution is 5.85. The van der Waals surface area contributed by atoms with Crippen molar-refractivity contribution in [1.29, 1.82) is 0 Å². The Kier molecular flexibility index (Phi) is 5.31. The van der Waals surface area contributed by atoms with Crippen LogP contribution >= 0.6 is 0 Å². The molecule has 1 aromatic rings. The van der Waals surface area contributed by atoms with E-state index in [0.29, 0.717) is 18.9 Å². The number of hydrogen-bond donors (Lipinski definition) is 2.